The van der Waals surface area contributed by atoms with Crippen molar-refractivity contribution in [3.05, 3.63) is 32.5 Å². The molecule has 0 amide bonds. The lowest BCUT2D eigenvalue weighted by Crippen LogP contribution is -2.26. The Hall–Kier alpha value is -1.21. The van der Waals surface area contributed by atoms with Crippen LogP contribution in [-0.4, -0.2) is 31.1 Å². The number of benzene rings is 1. The molecular weight excluding hydrogens is 317 g/mol. The first-order valence-electron chi connectivity index (χ1n) is 6.15. The van der Waals surface area contributed by atoms with Crippen LogP contribution in [0.1, 0.15) is 0 Å². The van der Waals surface area contributed by atoms with Crippen molar-refractivity contribution in [2.45, 2.75) is 0 Å². The first kappa shape index (κ1) is 12.8. The molecule has 0 bridgehead atoms. The van der Waals surface area contributed by atoms with Crippen molar-refractivity contribution in [1.29, 1.82) is 0 Å². The molecular formula is C12H13BrFN3O2. The molecule has 102 valence electrons. The molecule has 2 aliphatic rings. The number of fused-ring (bicyclic) bond motifs is 1. The molecule has 1 N–H and O–H groups in total. The van der Waals surface area contributed by atoms with Crippen molar-refractivity contribution < 1.29 is 9.31 Å². The van der Waals surface area contributed by atoms with Gasteiger partial charge >= 0.3 is 0 Å². The van der Waals surface area contributed by atoms with Crippen LogP contribution in [0.15, 0.2) is 16.6 Å². The van der Waals surface area contributed by atoms with Crippen LogP contribution in [0.3, 0.4) is 0 Å². The molecule has 7 heteroatoms. The molecule has 0 unspecified atom stereocenters. The number of hydrogen-bond donors (Lipinski definition) is 1. The molecule has 0 saturated carbocycles. The van der Waals surface area contributed by atoms with Gasteiger partial charge in [0.2, 0.25) is 0 Å². The summed E-state index contributed by atoms with van der Waals surface area (Å²) >= 11 is 3.00. The maximum Gasteiger partial charge on any atom is 0.293 e. The Kier molecular flexibility index (Phi) is 3.18. The van der Waals surface area contributed by atoms with Gasteiger partial charge < -0.3 is 10.2 Å². The zero-order chi connectivity index (χ0) is 13.6. The van der Waals surface area contributed by atoms with E-state index in [1.54, 1.807) is 0 Å². The highest BCUT2D eigenvalue weighted by atomic mass is 79.9. The third kappa shape index (κ3) is 2.21. The highest BCUT2D eigenvalue weighted by Crippen LogP contribution is 2.38. The van der Waals surface area contributed by atoms with Crippen molar-refractivity contribution in [2.24, 2.45) is 11.8 Å². The van der Waals surface area contributed by atoms with Crippen molar-refractivity contribution >= 4 is 27.3 Å². The lowest BCUT2D eigenvalue weighted by Gasteiger charge is -2.19. The van der Waals surface area contributed by atoms with Gasteiger partial charge in [0.15, 0.2) is 0 Å². The monoisotopic (exact) mass is 329 g/mol. The Morgan fingerprint density at radius 1 is 1.37 bits per heavy atom. The van der Waals surface area contributed by atoms with E-state index < -0.39 is 10.7 Å². The first-order valence-corrected chi connectivity index (χ1v) is 6.94. The number of nitro groups is 1. The average molecular weight is 330 g/mol. The summed E-state index contributed by atoms with van der Waals surface area (Å²) in [5, 5.41) is 14.4. The normalized spacial score (nSPS) is 25.7. The molecule has 0 aromatic heterocycles. The molecule has 5 nitrogen and oxygen atoms in total. The molecule has 0 radical (unpaired) electrons. The lowest BCUT2D eigenvalue weighted by atomic mass is 10.0. The van der Waals surface area contributed by atoms with Gasteiger partial charge in [-0.05, 0) is 27.8 Å². The van der Waals surface area contributed by atoms with Gasteiger partial charge in [-0.1, -0.05) is 0 Å². The quantitative estimate of drug-likeness (QED) is 0.667. The Labute approximate surface area is 118 Å². The standard InChI is InChI=1S/C12H13BrFN3O2/c13-9-1-12(17(18)19)11(2-10(9)14)16-5-7-3-15-4-8(7)6-16/h1-2,7-8,15H,3-6H2/t7-,8+. The van der Waals surface area contributed by atoms with Gasteiger partial charge in [-0.25, -0.2) is 4.39 Å². The largest absolute Gasteiger partial charge is 0.365 e. The van der Waals surface area contributed by atoms with Crippen LogP contribution in [0.2, 0.25) is 0 Å². The molecule has 0 aliphatic carbocycles. The maximum absolute atomic E-state index is 13.7. The van der Waals surface area contributed by atoms with Gasteiger partial charge in [-0.2, -0.15) is 0 Å². The molecule has 1 aromatic rings. The summed E-state index contributed by atoms with van der Waals surface area (Å²) in [7, 11) is 0. The third-order valence-corrected chi connectivity index (χ3v) is 4.55. The van der Waals surface area contributed by atoms with Crippen molar-refractivity contribution in [2.75, 3.05) is 31.1 Å². The number of nitrogens with one attached hydrogen (secondary N) is 1. The topological polar surface area (TPSA) is 58.4 Å². The molecule has 2 aliphatic heterocycles. The molecule has 2 saturated heterocycles. The van der Waals surface area contributed by atoms with Crippen LogP contribution in [0.4, 0.5) is 15.8 Å². The Bertz CT molecular complexity index is 528. The molecule has 0 spiro atoms. The third-order valence-electron chi connectivity index (χ3n) is 3.94. The SMILES string of the molecule is O=[N+]([O-])c1cc(Br)c(F)cc1N1C[C@H]2CNC[C@H]2C1. The van der Waals surface area contributed by atoms with Gasteiger partial charge in [0.1, 0.15) is 11.5 Å². The van der Waals surface area contributed by atoms with Crippen LogP contribution in [-0.2, 0) is 0 Å². The number of hydrogen-bond acceptors (Lipinski definition) is 4. The van der Waals surface area contributed by atoms with Gasteiger partial charge in [0.25, 0.3) is 5.69 Å². The van der Waals surface area contributed by atoms with Crippen molar-refractivity contribution in [1.82, 2.24) is 5.32 Å². The lowest BCUT2D eigenvalue weighted by molar-refractivity contribution is -0.384. The molecule has 19 heavy (non-hydrogen) atoms. The molecule has 2 heterocycles. The van der Waals surface area contributed by atoms with Gasteiger partial charge in [0, 0.05) is 38.3 Å². The highest BCUT2D eigenvalue weighted by molar-refractivity contribution is 9.10. The van der Waals surface area contributed by atoms with Crippen LogP contribution in [0.25, 0.3) is 0 Å². The first-order chi connectivity index (χ1) is 9.06. The maximum atomic E-state index is 13.7. The van der Waals surface area contributed by atoms with Crippen LogP contribution < -0.4 is 10.2 Å². The fraction of sp³-hybridized carbons (Fsp3) is 0.500. The van der Waals surface area contributed by atoms with Crippen LogP contribution in [0.5, 0.6) is 0 Å². The Morgan fingerprint density at radius 3 is 2.58 bits per heavy atom. The number of rotatable bonds is 2. The fourth-order valence-corrected chi connectivity index (χ4v) is 3.31. The van der Waals surface area contributed by atoms with E-state index in [0.717, 1.165) is 26.2 Å². The van der Waals surface area contributed by atoms with E-state index in [0.29, 0.717) is 17.5 Å². The number of nitro benzene ring substituents is 1. The molecule has 3 rings (SSSR count). The number of halogens is 2. The molecule has 2 atom stereocenters. The second-order valence-corrected chi connectivity index (χ2v) is 5.95. The summed E-state index contributed by atoms with van der Waals surface area (Å²) in [6, 6.07) is 2.51. The van der Waals surface area contributed by atoms with Gasteiger partial charge in [0.05, 0.1) is 9.40 Å². The summed E-state index contributed by atoms with van der Waals surface area (Å²) in [6.07, 6.45) is 0. The smallest absolute Gasteiger partial charge is 0.293 e. The highest BCUT2D eigenvalue weighted by Gasteiger charge is 2.38. The van der Waals surface area contributed by atoms with E-state index in [9.17, 15) is 14.5 Å². The second kappa shape index (κ2) is 4.72. The zero-order valence-corrected chi connectivity index (χ0v) is 11.7. The van der Waals surface area contributed by atoms with Crippen molar-refractivity contribution in [3.63, 3.8) is 0 Å². The van der Waals surface area contributed by atoms with E-state index in [1.807, 2.05) is 4.90 Å². The van der Waals surface area contributed by atoms with Gasteiger partial charge in [-0.15, -0.1) is 0 Å². The van der Waals surface area contributed by atoms with E-state index >= 15 is 0 Å². The number of nitrogens with zero attached hydrogens (tertiary/aromatic N) is 2. The zero-order valence-electron chi connectivity index (χ0n) is 10.1. The fourth-order valence-electron chi connectivity index (χ4n) is 2.98. The van der Waals surface area contributed by atoms with E-state index in [1.165, 1.54) is 12.1 Å². The van der Waals surface area contributed by atoms with E-state index in [-0.39, 0.29) is 10.2 Å². The summed E-state index contributed by atoms with van der Waals surface area (Å²) in [5.74, 6) is 0.549. The molecule has 1 aromatic carbocycles. The summed E-state index contributed by atoms with van der Waals surface area (Å²) in [6.45, 7) is 3.38. The minimum Gasteiger partial charge on any atom is -0.365 e. The summed E-state index contributed by atoms with van der Waals surface area (Å²) in [4.78, 5) is 12.6. The second-order valence-electron chi connectivity index (χ2n) is 5.10. The predicted octanol–water partition coefficient (Wildman–Crippen LogP) is 2.15. The van der Waals surface area contributed by atoms with Gasteiger partial charge in [-0.3, -0.25) is 10.1 Å². The van der Waals surface area contributed by atoms with Crippen molar-refractivity contribution in [3.8, 4) is 0 Å². The molecule has 2 fully saturated rings. The summed E-state index contributed by atoms with van der Waals surface area (Å²) < 4.78 is 13.8. The predicted molar refractivity (Wildman–Crippen MR) is 72.8 cm³/mol. The van der Waals surface area contributed by atoms with Crippen LogP contribution in [0, 0.1) is 27.8 Å². The minimum absolute atomic E-state index is 0.0405. The average Bonchev–Trinajstić information content (AvgIpc) is 2.92. The number of anilines is 1. The Morgan fingerprint density at radius 2 is 2.00 bits per heavy atom. The summed E-state index contributed by atoms with van der Waals surface area (Å²) in [5.41, 5.74) is 0.348. The van der Waals surface area contributed by atoms with E-state index in [2.05, 4.69) is 21.2 Å². The van der Waals surface area contributed by atoms with E-state index in [4.69, 9.17) is 0 Å². The minimum atomic E-state index is -0.462. The Balaban J connectivity index is 1.96. The van der Waals surface area contributed by atoms with Crippen LogP contribution >= 0.6 is 15.9 Å².